The van der Waals surface area contributed by atoms with Crippen molar-refractivity contribution in [1.82, 2.24) is 0 Å². The Morgan fingerprint density at radius 2 is 1.67 bits per heavy atom. The highest BCUT2D eigenvalue weighted by Gasteiger charge is 2.29. The van der Waals surface area contributed by atoms with Gasteiger partial charge in [-0.1, -0.05) is 29.8 Å². The smallest absolute Gasteiger partial charge is 0.156 e. The van der Waals surface area contributed by atoms with Crippen molar-refractivity contribution in [3.63, 3.8) is 0 Å². The van der Waals surface area contributed by atoms with Crippen LogP contribution in [0.1, 0.15) is 34.1 Å². The molecule has 0 aromatic carbocycles. The van der Waals surface area contributed by atoms with E-state index in [1.807, 2.05) is 13.8 Å². The lowest BCUT2D eigenvalue weighted by atomic mass is 10.4. The number of halogens is 1. The molecule has 0 aromatic heterocycles. The summed E-state index contributed by atoms with van der Waals surface area (Å²) in [5, 5.41) is -0.528. The predicted octanol–water partition coefficient (Wildman–Crippen LogP) is 2.37. The van der Waals surface area contributed by atoms with Crippen molar-refractivity contribution < 1.29 is 8.42 Å². The molecule has 0 aromatic rings. The molecule has 0 radical (unpaired) electrons. The fourth-order valence-corrected chi connectivity index (χ4v) is 3.48. The first-order valence-corrected chi connectivity index (χ1v) is 6.73. The van der Waals surface area contributed by atoms with Gasteiger partial charge in [-0.3, -0.25) is 0 Å². The third kappa shape index (κ3) is 2.73. The quantitative estimate of drug-likeness (QED) is 0.724. The summed E-state index contributed by atoms with van der Waals surface area (Å²) in [7, 11) is -2.94. The number of hydrogen-bond acceptors (Lipinski definition) is 2. The molecule has 0 bridgehead atoms. The van der Waals surface area contributed by atoms with Gasteiger partial charge in [0.1, 0.15) is 0 Å². The highest BCUT2D eigenvalue weighted by molar-refractivity contribution is 9.09. The maximum Gasteiger partial charge on any atom is 0.156 e. The van der Waals surface area contributed by atoms with Crippen LogP contribution >= 0.6 is 15.9 Å². The van der Waals surface area contributed by atoms with Crippen LogP contribution in [0.2, 0.25) is 0 Å². The highest BCUT2D eigenvalue weighted by Crippen LogP contribution is 2.19. The van der Waals surface area contributed by atoms with Crippen LogP contribution in [0.4, 0.5) is 0 Å². The van der Waals surface area contributed by atoms with E-state index < -0.39 is 9.84 Å². The van der Waals surface area contributed by atoms with E-state index >= 15 is 0 Å². The molecule has 0 N–H and O–H groups in total. The Labute approximate surface area is 83.8 Å². The van der Waals surface area contributed by atoms with Crippen molar-refractivity contribution in [2.24, 2.45) is 0 Å². The minimum absolute atomic E-state index is 0.0245. The molecule has 0 fully saturated rings. The Kier molecular flexibility index (Phi) is 4.77. The molecule has 12 heavy (non-hydrogen) atoms. The summed E-state index contributed by atoms with van der Waals surface area (Å²) in [5.41, 5.74) is 0. The zero-order valence-electron chi connectivity index (χ0n) is 8.04. The lowest BCUT2D eigenvalue weighted by molar-refractivity contribution is 0.567. The number of hydrogen-bond donors (Lipinski definition) is 0. The predicted molar refractivity (Wildman–Crippen MR) is 56.5 cm³/mol. The second-order valence-corrected chi connectivity index (χ2v) is 7.36. The van der Waals surface area contributed by atoms with Crippen LogP contribution in [0.15, 0.2) is 0 Å². The van der Waals surface area contributed by atoms with Crippen molar-refractivity contribution >= 4 is 25.8 Å². The summed E-state index contributed by atoms with van der Waals surface area (Å²) in [6, 6.07) is 0. The fraction of sp³-hybridized carbons (Fsp3) is 1.00. The summed E-state index contributed by atoms with van der Waals surface area (Å²) in [6.07, 6.45) is 0.687. The van der Waals surface area contributed by atoms with Crippen molar-refractivity contribution in [3.8, 4) is 0 Å². The van der Waals surface area contributed by atoms with E-state index in [0.717, 1.165) is 0 Å². The molecule has 0 amide bonds. The maximum atomic E-state index is 11.7. The van der Waals surface area contributed by atoms with E-state index in [1.165, 1.54) is 0 Å². The summed E-state index contributed by atoms with van der Waals surface area (Å²) in [4.78, 5) is 0.0245. The molecular formula is C8H17BrO2S. The molecule has 0 saturated heterocycles. The third-order valence-corrected chi connectivity index (χ3v) is 6.34. The Balaban J connectivity index is 4.62. The van der Waals surface area contributed by atoms with Crippen LogP contribution in [0.25, 0.3) is 0 Å². The van der Waals surface area contributed by atoms with Gasteiger partial charge in [0.05, 0.1) is 10.5 Å². The van der Waals surface area contributed by atoms with E-state index in [9.17, 15) is 8.42 Å². The SMILES string of the molecule is CCC(C)S(=O)(=O)C(C)[C@H](C)Br. The minimum atomic E-state index is -2.94. The Hall–Kier alpha value is 0.430. The Morgan fingerprint density at radius 3 is 1.92 bits per heavy atom. The van der Waals surface area contributed by atoms with Crippen LogP contribution in [0.3, 0.4) is 0 Å². The molecule has 3 atom stereocenters. The van der Waals surface area contributed by atoms with Crippen LogP contribution in [0.5, 0.6) is 0 Å². The first-order chi connectivity index (χ1) is 5.34. The summed E-state index contributed by atoms with van der Waals surface area (Å²) >= 11 is 3.29. The molecule has 2 nitrogen and oxygen atoms in total. The van der Waals surface area contributed by atoms with Gasteiger partial charge in [-0.05, 0) is 20.3 Å². The average molecular weight is 257 g/mol. The molecule has 0 spiro atoms. The fourth-order valence-electron chi connectivity index (χ4n) is 0.860. The lowest BCUT2D eigenvalue weighted by Gasteiger charge is -2.19. The van der Waals surface area contributed by atoms with Gasteiger partial charge in [0.15, 0.2) is 9.84 Å². The van der Waals surface area contributed by atoms with Gasteiger partial charge in [0, 0.05) is 4.83 Å². The van der Waals surface area contributed by atoms with E-state index in [-0.39, 0.29) is 15.3 Å². The molecular weight excluding hydrogens is 240 g/mol. The van der Waals surface area contributed by atoms with E-state index in [4.69, 9.17) is 0 Å². The molecule has 0 aliphatic heterocycles. The van der Waals surface area contributed by atoms with Gasteiger partial charge in [0.25, 0.3) is 0 Å². The van der Waals surface area contributed by atoms with Crippen LogP contribution in [0, 0.1) is 0 Å². The Morgan fingerprint density at radius 1 is 1.25 bits per heavy atom. The van der Waals surface area contributed by atoms with Crippen molar-refractivity contribution in [2.45, 2.75) is 49.4 Å². The third-order valence-electron chi connectivity index (χ3n) is 2.30. The number of sulfone groups is 1. The zero-order chi connectivity index (χ0) is 9.94. The molecule has 0 aliphatic rings. The van der Waals surface area contributed by atoms with Crippen LogP contribution in [-0.2, 0) is 9.84 Å². The highest BCUT2D eigenvalue weighted by atomic mass is 79.9. The van der Waals surface area contributed by atoms with Gasteiger partial charge in [-0.15, -0.1) is 0 Å². The van der Waals surface area contributed by atoms with Gasteiger partial charge in [-0.25, -0.2) is 8.42 Å². The Bertz CT molecular complexity index is 221. The maximum absolute atomic E-state index is 11.7. The number of alkyl halides is 1. The van der Waals surface area contributed by atoms with Gasteiger partial charge >= 0.3 is 0 Å². The molecule has 74 valence electrons. The molecule has 0 aliphatic carbocycles. The summed E-state index contributed by atoms with van der Waals surface area (Å²) in [5.74, 6) is 0. The first-order valence-electron chi connectivity index (χ1n) is 4.20. The molecule has 0 heterocycles. The molecule has 0 rings (SSSR count). The monoisotopic (exact) mass is 256 g/mol. The topological polar surface area (TPSA) is 34.1 Å². The van der Waals surface area contributed by atoms with Crippen LogP contribution in [-0.4, -0.2) is 23.7 Å². The van der Waals surface area contributed by atoms with Gasteiger partial charge < -0.3 is 0 Å². The van der Waals surface area contributed by atoms with E-state index in [2.05, 4.69) is 15.9 Å². The number of rotatable bonds is 4. The van der Waals surface area contributed by atoms with Crippen molar-refractivity contribution in [1.29, 1.82) is 0 Å². The lowest BCUT2D eigenvalue weighted by Crippen LogP contribution is -2.32. The van der Waals surface area contributed by atoms with Gasteiger partial charge in [-0.2, -0.15) is 0 Å². The van der Waals surface area contributed by atoms with E-state index in [1.54, 1.807) is 13.8 Å². The largest absolute Gasteiger partial charge is 0.228 e. The van der Waals surface area contributed by atoms with Gasteiger partial charge in [0.2, 0.25) is 0 Å². The first kappa shape index (κ1) is 12.4. The standard InChI is InChI=1S/C8H17BrO2S/c1-5-6(2)12(10,11)8(4)7(3)9/h6-8H,5H2,1-4H3/t6?,7-,8?/m0/s1. The van der Waals surface area contributed by atoms with E-state index in [0.29, 0.717) is 6.42 Å². The normalized spacial score (nSPS) is 20.1. The second kappa shape index (κ2) is 4.61. The summed E-state index contributed by atoms with van der Waals surface area (Å²) < 4.78 is 23.3. The van der Waals surface area contributed by atoms with Crippen molar-refractivity contribution in [3.05, 3.63) is 0 Å². The average Bonchev–Trinajstić information content (AvgIpc) is 2.01. The van der Waals surface area contributed by atoms with Crippen LogP contribution < -0.4 is 0 Å². The zero-order valence-corrected chi connectivity index (χ0v) is 10.4. The van der Waals surface area contributed by atoms with Crippen molar-refractivity contribution in [2.75, 3.05) is 0 Å². The molecule has 2 unspecified atom stereocenters. The molecule has 0 saturated carbocycles. The summed E-state index contributed by atoms with van der Waals surface area (Å²) in [6.45, 7) is 7.28. The minimum Gasteiger partial charge on any atom is -0.228 e. The molecule has 4 heteroatoms. The second-order valence-electron chi connectivity index (χ2n) is 3.19.